The van der Waals surface area contributed by atoms with E-state index in [4.69, 9.17) is 0 Å². The maximum absolute atomic E-state index is 12.2. The highest BCUT2D eigenvalue weighted by atomic mass is 16.3. The predicted molar refractivity (Wildman–Crippen MR) is 92.9 cm³/mol. The zero-order chi connectivity index (χ0) is 17.2. The van der Waals surface area contributed by atoms with E-state index in [2.05, 4.69) is 20.2 Å². The van der Waals surface area contributed by atoms with Crippen LogP contribution in [-0.4, -0.2) is 45.7 Å². The smallest absolute Gasteiger partial charge is 0.223 e. The molecule has 1 amide bonds. The Morgan fingerprint density at radius 3 is 2.58 bits per heavy atom. The number of hydrogen-bond acceptors (Lipinski definition) is 5. The van der Waals surface area contributed by atoms with Crippen molar-refractivity contribution in [3.63, 3.8) is 0 Å². The molecule has 1 saturated heterocycles. The minimum Gasteiger partial charge on any atom is -0.389 e. The van der Waals surface area contributed by atoms with Crippen LogP contribution in [0.3, 0.4) is 0 Å². The highest BCUT2D eigenvalue weighted by molar-refractivity contribution is 5.77. The number of aromatic nitrogens is 2. The molecule has 2 fully saturated rings. The summed E-state index contributed by atoms with van der Waals surface area (Å²) in [5.41, 5.74) is 0.221. The molecule has 0 bridgehead atoms. The van der Waals surface area contributed by atoms with Crippen molar-refractivity contribution in [2.45, 2.75) is 70.4 Å². The average molecular weight is 332 g/mol. The number of piperidine rings is 1. The van der Waals surface area contributed by atoms with Gasteiger partial charge in [-0.05, 0) is 39.5 Å². The molecule has 0 aromatic carbocycles. The van der Waals surface area contributed by atoms with Gasteiger partial charge in [0, 0.05) is 30.9 Å². The molecule has 0 atom stereocenters. The Morgan fingerprint density at radius 1 is 1.29 bits per heavy atom. The van der Waals surface area contributed by atoms with Crippen LogP contribution in [0.15, 0.2) is 6.07 Å². The molecule has 132 valence electrons. The lowest BCUT2D eigenvalue weighted by molar-refractivity contribution is -0.126. The summed E-state index contributed by atoms with van der Waals surface area (Å²) in [6.07, 6.45) is 5.63. The van der Waals surface area contributed by atoms with Gasteiger partial charge >= 0.3 is 0 Å². The van der Waals surface area contributed by atoms with Crippen LogP contribution in [0.25, 0.3) is 0 Å². The van der Waals surface area contributed by atoms with Crippen LogP contribution < -0.4 is 10.2 Å². The van der Waals surface area contributed by atoms with Crippen molar-refractivity contribution in [3.05, 3.63) is 17.6 Å². The average Bonchev–Trinajstić information content (AvgIpc) is 2.93. The van der Waals surface area contributed by atoms with Gasteiger partial charge in [0.05, 0.1) is 12.0 Å². The van der Waals surface area contributed by atoms with Gasteiger partial charge in [0.1, 0.15) is 11.6 Å². The topological polar surface area (TPSA) is 78.4 Å². The molecule has 1 aliphatic heterocycles. The van der Waals surface area contributed by atoms with Crippen molar-refractivity contribution in [1.29, 1.82) is 0 Å². The van der Waals surface area contributed by atoms with Crippen molar-refractivity contribution in [2.75, 3.05) is 18.0 Å². The van der Waals surface area contributed by atoms with E-state index >= 15 is 0 Å². The normalized spacial score (nSPS) is 21.0. The summed E-state index contributed by atoms with van der Waals surface area (Å²) in [5, 5.41) is 13.5. The van der Waals surface area contributed by atoms with Gasteiger partial charge in [-0.15, -0.1) is 0 Å². The Labute approximate surface area is 143 Å². The lowest BCUT2D eigenvalue weighted by atomic mass is 9.97. The molecular weight excluding hydrogens is 304 g/mol. The SMILES string of the molecule is Cc1cc(N2CCC(NC(=O)CC3(O)CCCC3)CC2)nc(C)n1. The van der Waals surface area contributed by atoms with E-state index in [1.807, 2.05) is 19.9 Å². The number of nitrogens with one attached hydrogen (secondary N) is 1. The number of anilines is 1. The van der Waals surface area contributed by atoms with Crippen LogP contribution in [0.5, 0.6) is 0 Å². The standard InChI is InChI=1S/C18H28N4O2/c1-13-11-16(20-14(2)19-13)22-9-5-15(6-10-22)21-17(23)12-18(24)7-3-4-8-18/h11,15,24H,3-10,12H2,1-2H3,(H,21,23). The number of carbonyl (C=O) groups is 1. The molecule has 0 radical (unpaired) electrons. The molecule has 3 rings (SSSR count). The summed E-state index contributed by atoms with van der Waals surface area (Å²) in [5.74, 6) is 1.77. The summed E-state index contributed by atoms with van der Waals surface area (Å²) in [4.78, 5) is 23.3. The summed E-state index contributed by atoms with van der Waals surface area (Å²) in [6.45, 7) is 5.66. The number of aryl methyl sites for hydroxylation is 2. The first-order valence-electron chi connectivity index (χ1n) is 9.02. The number of amides is 1. The van der Waals surface area contributed by atoms with E-state index in [-0.39, 0.29) is 18.4 Å². The van der Waals surface area contributed by atoms with Crippen molar-refractivity contribution in [2.24, 2.45) is 0 Å². The van der Waals surface area contributed by atoms with Crippen LogP contribution in [-0.2, 0) is 4.79 Å². The summed E-state index contributed by atoms with van der Waals surface area (Å²) in [7, 11) is 0. The lowest BCUT2D eigenvalue weighted by Crippen LogP contribution is -2.46. The minimum atomic E-state index is -0.763. The molecule has 0 spiro atoms. The van der Waals surface area contributed by atoms with Crippen LogP contribution in [0.1, 0.15) is 56.5 Å². The molecule has 1 aromatic rings. The molecule has 6 heteroatoms. The van der Waals surface area contributed by atoms with Crippen molar-refractivity contribution >= 4 is 11.7 Å². The summed E-state index contributed by atoms with van der Waals surface area (Å²) >= 11 is 0. The molecule has 1 aliphatic carbocycles. The van der Waals surface area contributed by atoms with Crippen LogP contribution in [0.4, 0.5) is 5.82 Å². The monoisotopic (exact) mass is 332 g/mol. The fraction of sp³-hybridized carbons (Fsp3) is 0.722. The molecular formula is C18H28N4O2. The third-order valence-electron chi connectivity index (χ3n) is 5.16. The second-order valence-corrected chi connectivity index (χ2v) is 7.35. The fourth-order valence-corrected chi connectivity index (χ4v) is 3.90. The molecule has 6 nitrogen and oxygen atoms in total. The second kappa shape index (κ2) is 7.05. The molecule has 2 N–H and O–H groups in total. The van der Waals surface area contributed by atoms with E-state index in [9.17, 15) is 9.90 Å². The maximum atomic E-state index is 12.2. The van der Waals surface area contributed by atoms with Gasteiger partial charge in [0.2, 0.25) is 5.91 Å². The maximum Gasteiger partial charge on any atom is 0.223 e. The molecule has 2 aliphatic rings. The third-order valence-corrected chi connectivity index (χ3v) is 5.16. The Kier molecular flexibility index (Phi) is 5.04. The number of aliphatic hydroxyl groups is 1. The van der Waals surface area contributed by atoms with Gasteiger partial charge in [0.15, 0.2) is 0 Å². The van der Waals surface area contributed by atoms with Gasteiger partial charge < -0.3 is 15.3 Å². The minimum absolute atomic E-state index is 0.00780. The van der Waals surface area contributed by atoms with Crippen molar-refractivity contribution in [1.82, 2.24) is 15.3 Å². The zero-order valence-corrected chi connectivity index (χ0v) is 14.7. The molecule has 24 heavy (non-hydrogen) atoms. The first-order valence-corrected chi connectivity index (χ1v) is 9.02. The third kappa shape index (κ3) is 4.23. The molecule has 1 aromatic heterocycles. The van der Waals surface area contributed by atoms with Crippen LogP contribution >= 0.6 is 0 Å². The van der Waals surface area contributed by atoms with E-state index < -0.39 is 5.60 Å². The summed E-state index contributed by atoms with van der Waals surface area (Å²) < 4.78 is 0. The Balaban J connectivity index is 1.49. The number of rotatable bonds is 4. The quantitative estimate of drug-likeness (QED) is 0.880. The van der Waals surface area contributed by atoms with Gasteiger partial charge in [-0.2, -0.15) is 0 Å². The highest BCUT2D eigenvalue weighted by Gasteiger charge is 2.34. The van der Waals surface area contributed by atoms with Crippen molar-refractivity contribution < 1.29 is 9.90 Å². The largest absolute Gasteiger partial charge is 0.389 e. The van der Waals surface area contributed by atoms with Gasteiger partial charge in [-0.1, -0.05) is 12.8 Å². The first-order chi connectivity index (χ1) is 11.4. The van der Waals surface area contributed by atoms with Crippen LogP contribution in [0, 0.1) is 13.8 Å². The van der Waals surface area contributed by atoms with Gasteiger partial charge in [-0.25, -0.2) is 9.97 Å². The van der Waals surface area contributed by atoms with E-state index in [0.29, 0.717) is 0 Å². The number of carbonyl (C=O) groups excluding carboxylic acids is 1. The number of hydrogen-bond donors (Lipinski definition) is 2. The van der Waals surface area contributed by atoms with Crippen LogP contribution in [0.2, 0.25) is 0 Å². The molecule has 0 unspecified atom stereocenters. The predicted octanol–water partition coefficient (Wildman–Crippen LogP) is 1.87. The van der Waals surface area contributed by atoms with Gasteiger partial charge in [-0.3, -0.25) is 4.79 Å². The highest BCUT2D eigenvalue weighted by Crippen LogP contribution is 2.32. The Morgan fingerprint density at radius 2 is 1.96 bits per heavy atom. The zero-order valence-electron chi connectivity index (χ0n) is 14.7. The van der Waals surface area contributed by atoms with E-state index in [1.165, 1.54) is 0 Å². The Hall–Kier alpha value is -1.69. The van der Waals surface area contributed by atoms with E-state index in [1.54, 1.807) is 0 Å². The van der Waals surface area contributed by atoms with Gasteiger partial charge in [0.25, 0.3) is 0 Å². The van der Waals surface area contributed by atoms with E-state index in [0.717, 1.165) is 69.0 Å². The number of nitrogens with zero attached hydrogens (tertiary/aromatic N) is 3. The molecule has 1 saturated carbocycles. The Bertz CT molecular complexity index is 570. The summed E-state index contributed by atoms with van der Waals surface area (Å²) in [6, 6.07) is 2.21. The first kappa shape index (κ1) is 17.1. The molecule has 2 heterocycles. The second-order valence-electron chi connectivity index (χ2n) is 7.35. The van der Waals surface area contributed by atoms with Crippen molar-refractivity contribution in [3.8, 4) is 0 Å². The fourth-order valence-electron chi connectivity index (χ4n) is 3.90. The lowest BCUT2D eigenvalue weighted by Gasteiger charge is -2.34.